The number of aryl methyl sites for hydroxylation is 1. The van der Waals surface area contributed by atoms with Crippen molar-refractivity contribution in [2.45, 2.75) is 49.3 Å². The topological polar surface area (TPSA) is 80.3 Å². The van der Waals surface area contributed by atoms with E-state index in [4.69, 9.17) is 0 Å². The lowest BCUT2D eigenvalue weighted by atomic mass is 10.2. The lowest BCUT2D eigenvalue weighted by molar-refractivity contribution is 0.518. The lowest BCUT2D eigenvalue weighted by Gasteiger charge is -2.20. The third-order valence-electron chi connectivity index (χ3n) is 4.30. The zero-order valence-corrected chi connectivity index (χ0v) is 15.3. The van der Waals surface area contributed by atoms with Gasteiger partial charge in [-0.1, -0.05) is 32.4 Å². The Morgan fingerprint density at radius 1 is 1.13 bits per heavy atom. The molecule has 1 N–H and O–H groups in total. The molecule has 0 aliphatic carbocycles. The van der Waals surface area contributed by atoms with E-state index in [-0.39, 0.29) is 16.4 Å². The summed E-state index contributed by atoms with van der Waals surface area (Å²) in [5.74, 6) is -0.400. The molecule has 2 rings (SSSR count). The van der Waals surface area contributed by atoms with Crippen molar-refractivity contribution in [1.29, 1.82) is 0 Å². The molecule has 1 aliphatic heterocycles. The maximum Gasteiger partial charge on any atom is 0.183 e. The largest absolute Gasteiger partial charge is 0.312 e. The number of sulfone groups is 2. The molecule has 1 fully saturated rings. The molecule has 1 aliphatic rings. The fourth-order valence-corrected chi connectivity index (χ4v) is 7.58. The van der Waals surface area contributed by atoms with E-state index in [1.807, 2.05) is 13.8 Å². The minimum absolute atomic E-state index is 0.104. The predicted octanol–water partition coefficient (Wildman–Crippen LogP) is 1.58. The first-order valence-electron chi connectivity index (χ1n) is 8.07. The highest BCUT2D eigenvalue weighted by atomic mass is 32.2. The molecule has 2 unspecified atom stereocenters. The van der Waals surface area contributed by atoms with E-state index in [2.05, 4.69) is 5.32 Å². The quantitative estimate of drug-likeness (QED) is 0.748. The highest BCUT2D eigenvalue weighted by molar-refractivity contribution is 7.96. The summed E-state index contributed by atoms with van der Waals surface area (Å²) in [5.41, 5.74) is 1.06. The van der Waals surface area contributed by atoms with Crippen LogP contribution in [0.2, 0.25) is 0 Å². The first kappa shape index (κ1) is 18.4. The van der Waals surface area contributed by atoms with E-state index in [9.17, 15) is 16.8 Å². The van der Waals surface area contributed by atoms with Crippen molar-refractivity contribution in [3.8, 4) is 0 Å². The molecular weight excluding hydrogens is 334 g/mol. The summed E-state index contributed by atoms with van der Waals surface area (Å²) in [4.78, 5) is 0.207. The second-order valence-electron chi connectivity index (χ2n) is 6.07. The fraction of sp³-hybridized carbons (Fsp3) is 0.625. The molecule has 0 saturated carbocycles. The number of benzene rings is 1. The molecule has 2 atom stereocenters. The Balaban J connectivity index is 2.27. The van der Waals surface area contributed by atoms with Crippen molar-refractivity contribution in [1.82, 2.24) is 5.32 Å². The molecule has 130 valence electrons. The van der Waals surface area contributed by atoms with E-state index < -0.39 is 31.0 Å². The number of unbranched alkanes of at least 4 members (excludes halogenated alkanes) is 1. The van der Waals surface area contributed by atoms with Gasteiger partial charge >= 0.3 is 0 Å². The van der Waals surface area contributed by atoms with Crippen LogP contribution in [0.15, 0.2) is 29.2 Å². The fourth-order valence-electron chi connectivity index (χ4n) is 2.87. The van der Waals surface area contributed by atoms with Crippen LogP contribution in [0.3, 0.4) is 0 Å². The van der Waals surface area contributed by atoms with E-state index >= 15 is 0 Å². The molecule has 0 bridgehead atoms. The number of nitrogens with one attached hydrogen (secondary N) is 1. The monoisotopic (exact) mass is 359 g/mol. The van der Waals surface area contributed by atoms with Gasteiger partial charge in [-0.2, -0.15) is 0 Å². The van der Waals surface area contributed by atoms with Crippen LogP contribution < -0.4 is 5.32 Å². The van der Waals surface area contributed by atoms with E-state index in [1.165, 1.54) is 0 Å². The Kier molecular flexibility index (Phi) is 5.86. The summed E-state index contributed by atoms with van der Waals surface area (Å²) in [6.07, 6.45) is 2.70. The number of rotatable bonds is 7. The Hall–Kier alpha value is -0.920. The van der Waals surface area contributed by atoms with Gasteiger partial charge < -0.3 is 5.32 Å². The molecule has 1 aromatic carbocycles. The molecule has 0 radical (unpaired) electrons. The van der Waals surface area contributed by atoms with Crippen molar-refractivity contribution in [2.24, 2.45) is 0 Å². The first-order chi connectivity index (χ1) is 10.8. The molecule has 0 spiro atoms. The van der Waals surface area contributed by atoms with Crippen molar-refractivity contribution in [3.63, 3.8) is 0 Å². The molecule has 1 heterocycles. The van der Waals surface area contributed by atoms with Crippen LogP contribution in [-0.2, 0) is 26.1 Å². The summed E-state index contributed by atoms with van der Waals surface area (Å²) >= 11 is 0. The van der Waals surface area contributed by atoms with Crippen LogP contribution in [0.5, 0.6) is 0 Å². The summed E-state index contributed by atoms with van der Waals surface area (Å²) in [6, 6.07) is 6.22. The van der Waals surface area contributed by atoms with Gasteiger partial charge in [0.15, 0.2) is 19.7 Å². The summed E-state index contributed by atoms with van der Waals surface area (Å²) < 4.78 is 49.6. The van der Waals surface area contributed by atoms with E-state index in [1.54, 1.807) is 24.3 Å². The van der Waals surface area contributed by atoms with Crippen LogP contribution in [-0.4, -0.2) is 46.2 Å². The third kappa shape index (κ3) is 4.33. The van der Waals surface area contributed by atoms with Crippen LogP contribution >= 0.6 is 0 Å². The molecule has 1 saturated heterocycles. The van der Waals surface area contributed by atoms with Crippen LogP contribution in [0, 0.1) is 0 Å². The standard InChI is InChI=1S/C16H25NO4S2/c1-3-5-10-17-15-11-22(18,19)12-16(15)23(20,21)14-8-6-13(4-2)7-9-14/h6-9,15-17H,3-5,10-12H2,1-2H3. The molecule has 1 aromatic rings. The molecule has 0 aromatic heterocycles. The van der Waals surface area contributed by atoms with Crippen LogP contribution in [0.25, 0.3) is 0 Å². The van der Waals surface area contributed by atoms with Gasteiger partial charge in [-0.05, 0) is 37.1 Å². The van der Waals surface area contributed by atoms with Crippen molar-refractivity contribution in [2.75, 3.05) is 18.1 Å². The molecule has 0 amide bonds. The second-order valence-corrected chi connectivity index (χ2v) is 10.4. The predicted molar refractivity (Wildman–Crippen MR) is 92.1 cm³/mol. The lowest BCUT2D eigenvalue weighted by Crippen LogP contribution is -2.43. The zero-order chi connectivity index (χ0) is 17.1. The van der Waals surface area contributed by atoms with Gasteiger partial charge in [-0.3, -0.25) is 0 Å². The Morgan fingerprint density at radius 3 is 2.35 bits per heavy atom. The highest BCUT2D eigenvalue weighted by Gasteiger charge is 2.45. The smallest absolute Gasteiger partial charge is 0.183 e. The zero-order valence-electron chi connectivity index (χ0n) is 13.7. The third-order valence-corrected chi connectivity index (χ3v) is 8.46. The Labute approximate surface area is 139 Å². The summed E-state index contributed by atoms with van der Waals surface area (Å²) in [5, 5.41) is 2.22. The van der Waals surface area contributed by atoms with Gasteiger partial charge in [0.1, 0.15) is 0 Å². The average molecular weight is 360 g/mol. The van der Waals surface area contributed by atoms with Crippen molar-refractivity contribution >= 4 is 19.7 Å². The van der Waals surface area contributed by atoms with Gasteiger partial charge in [-0.25, -0.2) is 16.8 Å². The number of hydrogen-bond acceptors (Lipinski definition) is 5. The van der Waals surface area contributed by atoms with Crippen LogP contribution in [0.1, 0.15) is 32.3 Å². The number of hydrogen-bond donors (Lipinski definition) is 1. The van der Waals surface area contributed by atoms with E-state index in [0.29, 0.717) is 6.54 Å². The molecule has 23 heavy (non-hydrogen) atoms. The van der Waals surface area contributed by atoms with Crippen molar-refractivity contribution in [3.05, 3.63) is 29.8 Å². The average Bonchev–Trinajstić information content (AvgIpc) is 2.83. The minimum atomic E-state index is -3.66. The first-order valence-corrected chi connectivity index (χ1v) is 11.4. The van der Waals surface area contributed by atoms with E-state index in [0.717, 1.165) is 24.8 Å². The van der Waals surface area contributed by atoms with Gasteiger partial charge in [0.25, 0.3) is 0 Å². The summed E-state index contributed by atoms with van der Waals surface area (Å²) in [6.45, 7) is 4.68. The van der Waals surface area contributed by atoms with Gasteiger partial charge in [0, 0.05) is 6.04 Å². The van der Waals surface area contributed by atoms with Crippen LogP contribution in [0.4, 0.5) is 0 Å². The highest BCUT2D eigenvalue weighted by Crippen LogP contribution is 2.26. The SMILES string of the molecule is CCCCNC1CS(=O)(=O)CC1S(=O)(=O)c1ccc(CC)cc1. The maximum atomic E-state index is 12.9. The summed E-state index contributed by atoms with van der Waals surface area (Å²) in [7, 11) is -6.99. The molecule has 5 nitrogen and oxygen atoms in total. The second kappa shape index (κ2) is 7.32. The molecule has 7 heteroatoms. The molecular formula is C16H25NO4S2. The van der Waals surface area contributed by atoms with Gasteiger partial charge in [0.05, 0.1) is 21.7 Å². The normalized spacial score (nSPS) is 23.9. The van der Waals surface area contributed by atoms with Gasteiger partial charge in [-0.15, -0.1) is 0 Å². The Bertz CT molecular complexity index is 724. The maximum absolute atomic E-state index is 12.9. The van der Waals surface area contributed by atoms with Crippen molar-refractivity contribution < 1.29 is 16.8 Å². The minimum Gasteiger partial charge on any atom is -0.312 e. The Morgan fingerprint density at radius 2 is 1.78 bits per heavy atom. The van der Waals surface area contributed by atoms with Gasteiger partial charge in [0.2, 0.25) is 0 Å².